The van der Waals surface area contributed by atoms with Crippen LogP contribution in [0.2, 0.25) is 0 Å². The molecule has 1 aromatic heterocycles. The first-order valence-corrected chi connectivity index (χ1v) is 23.6. The number of hydrogen-bond acceptors (Lipinski definition) is 14. The van der Waals surface area contributed by atoms with Crippen LogP contribution in [-0.4, -0.2) is 109 Å². The predicted molar refractivity (Wildman–Crippen MR) is 257 cm³/mol. The lowest BCUT2D eigenvalue weighted by atomic mass is 9.70. The van der Waals surface area contributed by atoms with Crippen molar-refractivity contribution in [3.05, 3.63) is 31.5 Å². The lowest BCUT2D eigenvalue weighted by molar-refractivity contribution is -0.272. The lowest BCUT2D eigenvalue weighted by Crippen LogP contribution is -2.56. The monoisotopic (exact) mass is 942 g/mol. The molecule has 384 valence electrons. The molecule has 0 N–H and O–H groups in total. The highest BCUT2D eigenvalue weighted by molar-refractivity contribution is 5.74. The summed E-state index contributed by atoms with van der Waals surface area (Å²) in [5.74, 6) is -2.08. The van der Waals surface area contributed by atoms with Crippen LogP contribution in [0.15, 0.2) is 14.4 Å². The zero-order valence-electron chi connectivity index (χ0n) is 45.4. The zero-order chi connectivity index (χ0) is 51.9. The van der Waals surface area contributed by atoms with Crippen LogP contribution in [0, 0.1) is 27.6 Å². The maximum atomic E-state index is 13.9. The highest BCUT2D eigenvalue weighted by Gasteiger charge is 2.40. The average molecular weight is 942 g/mol. The first-order valence-electron chi connectivity index (χ1n) is 23.6. The van der Waals surface area contributed by atoms with Crippen molar-refractivity contribution in [3.63, 3.8) is 0 Å². The van der Waals surface area contributed by atoms with Crippen molar-refractivity contribution < 1.29 is 43.0 Å². The molecule has 0 saturated carbocycles. The van der Waals surface area contributed by atoms with Crippen molar-refractivity contribution in [2.24, 2.45) is 27.6 Å². The Kier molecular flexibility index (Phi) is 21.4. The van der Waals surface area contributed by atoms with Crippen LogP contribution in [0.5, 0.6) is 0 Å². The molecule has 1 rings (SSSR count). The molecule has 66 heavy (non-hydrogen) atoms. The molecule has 0 aliphatic heterocycles. The summed E-state index contributed by atoms with van der Waals surface area (Å²) in [4.78, 5) is 93.7. The summed E-state index contributed by atoms with van der Waals surface area (Å²) in [5, 5.41) is 3.53. The molecular formula is C49H91N5O12. The van der Waals surface area contributed by atoms with Crippen LogP contribution in [-0.2, 0) is 62.6 Å². The smallest absolute Gasteiger partial charge is 0.337 e. The van der Waals surface area contributed by atoms with Crippen molar-refractivity contribution in [1.29, 1.82) is 0 Å². The van der Waals surface area contributed by atoms with Gasteiger partial charge in [-0.2, -0.15) is 10.1 Å². The van der Waals surface area contributed by atoms with E-state index in [1.165, 1.54) is 0 Å². The summed E-state index contributed by atoms with van der Waals surface area (Å²) in [6.45, 7) is 44.9. The molecule has 0 saturated heterocycles. The van der Waals surface area contributed by atoms with Gasteiger partial charge in [-0.05, 0) is 104 Å². The number of carbonyl (C=O) groups excluding carboxylic acids is 3. The van der Waals surface area contributed by atoms with Crippen molar-refractivity contribution in [2.45, 2.75) is 233 Å². The van der Waals surface area contributed by atoms with Gasteiger partial charge in [0, 0.05) is 23.2 Å². The molecule has 1 heterocycles. The van der Waals surface area contributed by atoms with Gasteiger partial charge in [0.1, 0.15) is 19.8 Å². The van der Waals surface area contributed by atoms with Crippen molar-refractivity contribution >= 4 is 17.9 Å². The number of hydrogen-bond donors (Lipinski definition) is 0. The molecule has 0 amide bonds. The van der Waals surface area contributed by atoms with Gasteiger partial charge in [-0.3, -0.25) is 9.68 Å². The highest BCUT2D eigenvalue weighted by atomic mass is 16.7. The summed E-state index contributed by atoms with van der Waals surface area (Å²) in [6.07, 6.45) is -3.36. The third-order valence-electron chi connectivity index (χ3n) is 12.2. The number of hydroxylamine groups is 4. The average Bonchev–Trinajstić information content (AvgIpc) is 3.14. The Morgan fingerprint density at radius 3 is 0.939 bits per heavy atom. The summed E-state index contributed by atoms with van der Waals surface area (Å²) in [6, 6.07) is -0.187. The second-order valence-electron chi connectivity index (χ2n) is 24.1. The summed E-state index contributed by atoms with van der Waals surface area (Å²) in [5.41, 5.74) is -4.77. The summed E-state index contributed by atoms with van der Waals surface area (Å²) >= 11 is 0. The molecule has 0 aromatic carbocycles. The van der Waals surface area contributed by atoms with E-state index in [4.69, 9.17) is 28.6 Å². The topological polar surface area (TPSA) is 179 Å². The third kappa shape index (κ3) is 17.6. The number of esters is 3. The molecular weight excluding hydrogens is 851 g/mol. The van der Waals surface area contributed by atoms with Gasteiger partial charge in [0.15, 0.2) is 18.3 Å². The molecule has 17 nitrogen and oxygen atoms in total. The Morgan fingerprint density at radius 1 is 0.439 bits per heavy atom. The minimum Gasteiger partial charge on any atom is -0.462 e. The molecule has 0 aliphatic rings. The van der Waals surface area contributed by atoms with Gasteiger partial charge in [0.05, 0.1) is 25.7 Å². The standard InChI is InChI=1S/C49H91N5O12/c1-31(44(7,8)9)37(47(16,17)18)64-32(2)38(55)61-28-25-50-41(58)51(26-29-62-39(56)33(3)65-53(48(19,20)21)35(5)45(10,11)12)43(60)52(42(50)59)27-30-63-40(57)34(4)66-54(49(22,23)24)36(6)46(13,14)15/h31-37H,25-30H2,1-24H3. The summed E-state index contributed by atoms with van der Waals surface area (Å²) < 4.78 is 25.1. The van der Waals surface area contributed by atoms with Crippen LogP contribution in [0.3, 0.4) is 0 Å². The van der Waals surface area contributed by atoms with Crippen LogP contribution >= 0.6 is 0 Å². The van der Waals surface area contributed by atoms with Gasteiger partial charge < -0.3 is 18.9 Å². The Labute approximate surface area is 396 Å². The molecule has 0 spiro atoms. The Bertz CT molecular complexity index is 1680. The SMILES string of the molecule is CC(OC(C(C)C(C)(C)C)C(C)(C)C)C(=O)OCCn1c(=O)n(CCOC(=O)C(C)ON(C(C)C(C)(C)C)C(C)(C)C)c(=O)n(CCOC(=O)C(C)ON(C(C)C(C)(C)C)C(C)(C)C)c1=O. The van der Waals surface area contributed by atoms with Gasteiger partial charge >= 0.3 is 35.0 Å². The maximum absolute atomic E-state index is 13.9. The fourth-order valence-corrected chi connectivity index (χ4v) is 6.91. The van der Waals surface area contributed by atoms with E-state index in [9.17, 15) is 28.8 Å². The molecule has 0 radical (unpaired) electrons. The number of aromatic nitrogens is 3. The van der Waals surface area contributed by atoms with Crippen LogP contribution in [0.25, 0.3) is 0 Å². The van der Waals surface area contributed by atoms with E-state index in [-0.39, 0.29) is 45.8 Å². The van der Waals surface area contributed by atoms with E-state index in [2.05, 4.69) is 69.2 Å². The third-order valence-corrected chi connectivity index (χ3v) is 12.2. The Hall–Kier alpha value is -3.38. The fraction of sp³-hybridized carbons (Fsp3) is 0.878. The number of rotatable bonds is 21. The van der Waals surface area contributed by atoms with Gasteiger partial charge in [-0.15, -0.1) is 0 Å². The van der Waals surface area contributed by atoms with Crippen molar-refractivity contribution in [1.82, 2.24) is 23.8 Å². The van der Waals surface area contributed by atoms with Gasteiger partial charge in [0.2, 0.25) is 0 Å². The first kappa shape index (κ1) is 60.6. The second kappa shape index (κ2) is 23.3. The first-order chi connectivity index (χ1) is 29.6. The van der Waals surface area contributed by atoms with Crippen LogP contribution in [0.4, 0.5) is 0 Å². The molecule has 7 unspecified atom stereocenters. The molecule has 7 atom stereocenters. The zero-order valence-corrected chi connectivity index (χ0v) is 45.4. The predicted octanol–water partition coefficient (Wildman–Crippen LogP) is 7.01. The summed E-state index contributed by atoms with van der Waals surface area (Å²) in [7, 11) is 0. The normalized spacial score (nSPS) is 16.6. The van der Waals surface area contributed by atoms with Gasteiger partial charge in [0.25, 0.3) is 0 Å². The largest absolute Gasteiger partial charge is 0.462 e. The van der Waals surface area contributed by atoms with Gasteiger partial charge in [-0.1, -0.05) is 90.0 Å². The molecule has 17 heteroatoms. The van der Waals surface area contributed by atoms with E-state index in [0.717, 1.165) is 13.7 Å². The second-order valence-corrected chi connectivity index (χ2v) is 24.1. The maximum Gasteiger partial charge on any atom is 0.337 e. The molecule has 0 fully saturated rings. The minimum atomic E-state index is -1.04. The van der Waals surface area contributed by atoms with Crippen LogP contribution in [0.1, 0.15) is 166 Å². The molecule has 0 aliphatic carbocycles. The highest BCUT2D eigenvalue weighted by Crippen LogP contribution is 2.39. The Balaban J connectivity index is 3.47. The van der Waals surface area contributed by atoms with Crippen molar-refractivity contribution in [2.75, 3.05) is 19.8 Å². The van der Waals surface area contributed by atoms with E-state index in [0.29, 0.717) is 0 Å². The molecule has 1 aromatic rings. The minimum absolute atomic E-state index is 0.0709. The van der Waals surface area contributed by atoms with E-state index >= 15 is 0 Å². The Morgan fingerprint density at radius 2 is 0.712 bits per heavy atom. The van der Waals surface area contributed by atoms with Gasteiger partial charge in [-0.25, -0.2) is 42.5 Å². The lowest BCUT2D eigenvalue weighted by Gasteiger charge is -2.45. The quantitative estimate of drug-likeness (QED) is 0.0698. The van der Waals surface area contributed by atoms with E-state index < -0.39 is 104 Å². The molecule has 0 bridgehead atoms. The van der Waals surface area contributed by atoms with E-state index in [1.807, 2.05) is 76.2 Å². The number of nitrogens with zero attached hydrogens (tertiary/aromatic N) is 5. The van der Waals surface area contributed by atoms with Crippen molar-refractivity contribution in [3.8, 4) is 0 Å². The van der Waals surface area contributed by atoms with Crippen LogP contribution < -0.4 is 17.1 Å². The van der Waals surface area contributed by atoms with E-state index in [1.54, 1.807) is 30.9 Å². The number of carbonyl (C=O) groups is 3. The number of ether oxygens (including phenoxy) is 4. The fourth-order valence-electron chi connectivity index (χ4n) is 6.91.